The molecule has 12 heavy (non-hydrogen) atoms. The van der Waals surface area contributed by atoms with E-state index in [9.17, 15) is 0 Å². The van der Waals surface area contributed by atoms with E-state index in [4.69, 9.17) is 11.6 Å². The largest absolute Gasteiger partial charge is 0.123 e. The Hall–Kier alpha value is 0.290. The summed E-state index contributed by atoms with van der Waals surface area (Å²) in [6.45, 7) is 2.22. The van der Waals surface area contributed by atoms with Crippen molar-refractivity contribution < 1.29 is 0 Å². The normalized spacial score (nSPS) is 58.0. The van der Waals surface area contributed by atoms with Crippen molar-refractivity contribution >= 4 is 11.6 Å². The molecule has 0 aromatic rings. The molecule has 4 fully saturated rings. The summed E-state index contributed by atoms with van der Waals surface area (Å²) in [5.74, 6) is 3.21. The number of alkyl halides is 1. The van der Waals surface area contributed by atoms with E-state index in [1.165, 1.54) is 32.1 Å². The van der Waals surface area contributed by atoms with Gasteiger partial charge >= 0.3 is 0 Å². The van der Waals surface area contributed by atoms with Gasteiger partial charge in [0.05, 0.1) is 0 Å². The fraction of sp³-hybridized carbons (Fsp3) is 1.00. The molecule has 3 atom stereocenters. The molecule has 0 radical (unpaired) electrons. The summed E-state index contributed by atoms with van der Waals surface area (Å²) in [5.41, 5.74) is 0.581. The van der Waals surface area contributed by atoms with Crippen molar-refractivity contribution in [3.8, 4) is 0 Å². The lowest BCUT2D eigenvalue weighted by molar-refractivity contribution is 0.143. The fourth-order valence-electron chi connectivity index (χ4n) is 4.36. The molecule has 0 aromatic carbocycles. The van der Waals surface area contributed by atoms with Crippen LogP contribution in [0.3, 0.4) is 0 Å². The summed E-state index contributed by atoms with van der Waals surface area (Å²) in [6.07, 6.45) is 7.44. The molecule has 0 N–H and O–H groups in total. The molecule has 0 aromatic heterocycles. The van der Waals surface area contributed by atoms with Crippen LogP contribution in [-0.4, -0.2) is 5.38 Å². The second kappa shape index (κ2) is 2.20. The van der Waals surface area contributed by atoms with Crippen molar-refractivity contribution in [2.24, 2.45) is 23.2 Å². The first-order chi connectivity index (χ1) is 5.70. The smallest absolute Gasteiger partial charge is 0.0364 e. The van der Waals surface area contributed by atoms with Crippen LogP contribution >= 0.6 is 11.6 Å². The molecular weight excluding hydrogens is 168 g/mol. The van der Waals surface area contributed by atoms with E-state index in [1.807, 2.05) is 0 Å². The minimum Gasteiger partial charge on any atom is -0.123 e. The Kier molecular flexibility index (Phi) is 1.41. The van der Waals surface area contributed by atoms with Crippen molar-refractivity contribution in [3.05, 3.63) is 0 Å². The topological polar surface area (TPSA) is 0 Å². The highest BCUT2D eigenvalue weighted by atomic mass is 35.5. The minimum atomic E-state index is 0.424. The second-order valence-corrected chi connectivity index (χ2v) is 6.10. The molecule has 3 unspecified atom stereocenters. The molecule has 4 aliphatic carbocycles. The minimum absolute atomic E-state index is 0.424. The van der Waals surface area contributed by atoms with Crippen molar-refractivity contribution in [2.45, 2.75) is 44.4 Å². The summed E-state index contributed by atoms with van der Waals surface area (Å²) in [7, 11) is 0. The summed E-state index contributed by atoms with van der Waals surface area (Å²) in [5, 5.41) is 0.424. The van der Waals surface area contributed by atoms with Gasteiger partial charge in [-0.2, -0.15) is 0 Å². The van der Waals surface area contributed by atoms with Gasteiger partial charge in [0.25, 0.3) is 0 Å². The van der Waals surface area contributed by atoms with Crippen LogP contribution in [-0.2, 0) is 0 Å². The van der Waals surface area contributed by atoms with Crippen LogP contribution in [0.2, 0.25) is 0 Å². The first-order valence-electron chi connectivity index (χ1n) is 5.34. The molecule has 0 amide bonds. The highest BCUT2D eigenvalue weighted by Gasteiger charge is 2.57. The third-order valence-corrected chi connectivity index (χ3v) is 5.28. The van der Waals surface area contributed by atoms with E-state index in [-0.39, 0.29) is 0 Å². The van der Waals surface area contributed by atoms with Crippen LogP contribution in [0.15, 0.2) is 0 Å². The molecule has 0 heterocycles. The molecule has 4 rings (SSSR count). The predicted molar refractivity (Wildman–Crippen MR) is 51.3 cm³/mol. The van der Waals surface area contributed by atoms with Crippen LogP contribution in [0.4, 0.5) is 0 Å². The highest BCUT2D eigenvalue weighted by molar-refractivity contribution is 6.20. The van der Waals surface area contributed by atoms with Gasteiger partial charge in [0.2, 0.25) is 0 Å². The molecule has 1 heteroatoms. The molecule has 0 aliphatic heterocycles. The Morgan fingerprint density at radius 2 is 1.75 bits per heavy atom. The first-order valence-corrected chi connectivity index (χ1v) is 5.77. The van der Waals surface area contributed by atoms with Gasteiger partial charge < -0.3 is 0 Å². The van der Waals surface area contributed by atoms with Gasteiger partial charge in [-0.05, 0) is 62.2 Å². The van der Waals surface area contributed by atoms with Gasteiger partial charge in [0, 0.05) is 5.38 Å². The first kappa shape index (κ1) is 7.67. The van der Waals surface area contributed by atoms with Gasteiger partial charge in [-0.25, -0.2) is 0 Å². The summed E-state index contributed by atoms with van der Waals surface area (Å²) in [4.78, 5) is 0. The number of halogens is 1. The monoisotopic (exact) mass is 184 g/mol. The van der Waals surface area contributed by atoms with E-state index in [0.717, 1.165) is 17.8 Å². The van der Waals surface area contributed by atoms with Gasteiger partial charge in [-0.1, -0.05) is 0 Å². The van der Waals surface area contributed by atoms with Gasteiger partial charge in [0.15, 0.2) is 0 Å². The fourth-order valence-corrected chi connectivity index (χ4v) is 4.63. The predicted octanol–water partition coefficient (Wildman–Crippen LogP) is 3.44. The third kappa shape index (κ3) is 0.801. The maximum absolute atomic E-state index is 6.33. The Labute approximate surface area is 79.7 Å². The third-order valence-electron chi connectivity index (χ3n) is 4.82. The van der Waals surface area contributed by atoms with E-state index < -0.39 is 0 Å². The zero-order valence-electron chi connectivity index (χ0n) is 7.72. The highest BCUT2D eigenvalue weighted by Crippen LogP contribution is 2.66. The zero-order valence-corrected chi connectivity index (χ0v) is 8.48. The molecule has 0 saturated heterocycles. The van der Waals surface area contributed by atoms with E-state index in [1.54, 1.807) is 0 Å². The molecule has 68 valence electrons. The lowest BCUT2D eigenvalue weighted by atomic mass is 9.68. The lowest BCUT2D eigenvalue weighted by Crippen LogP contribution is -2.33. The van der Waals surface area contributed by atoms with E-state index in [0.29, 0.717) is 10.8 Å². The molecule has 0 nitrogen and oxygen atoms in total. The van der Waals surface area contributed by atoms with Crippen LogP contribution in [0.25, 0.3) is 0 Å². The zero-order chi connectivity index (χ0) is 8.34. The van der Waals surface area contributed by atoms with E-state index >= 15 is 0 Å². The molecular formula is C11H17Cl. The van der Waals surface area contributed by atoms with Crippen molar-refractivity contribution in [1.29, 1.82) is 0 Å². The number of rotatable bonds is 1. The summed E-state index contributed by atoms with van der Waals surface area (Å²) < 4.78 is 0. The Morgan fingerprint density at radius 1 is 1.17 bits per heavy atom. The molecule has 4 bridgehead atoms. The van der Waals surface area contributed by atoms with Crippen LogP contribution in [0.5, 0.6) is 0 Å². The molecule has 4 saturated carbocycles. The van der Waals surface area contributed by atoms with Crippen LogP contribution < -0.4 is 0 Å². The van der Waals surface area contributed by atoms with Crippen molar-refractivity contribution in [3.63, 3.8) is 0 Å². The quantitative estimate of drug-likeness (QED) is 0.548. The Balaban J connectivity index is 1.93. The summed E-state index contributed by atoms with van der Waals surface area (Å²) in [6, 6.07) is 0. The molecule has 0 spiro atoms. The number of hydrogen-bond acceptors (Lipinski definition) is 0. The lowest BCUT2D eigenvalue weighted by Gasteiger charge is -2.40. The van der Waals surface area contributed by atoms with Gasteiger partial charge in [0.1, 0.15) is 0 Å². The van der Waals surface area contributed by atoms with Gasteiger partial charge in [-0.3, -0.25) is 0 Å². The van der Waals surface area contributed by atoms with E-state index in [2.05, 4.69) is 6.92 Å². The maximum atomic E-state index is 6.33. The molecule has 4 aliphatic rings. The standard InChI is InChI=1S/C11H17Cl/c1-7(12)11-4-8-2-9(5-11)10(3-8)6-11/h7-10H,2-6H2,1H3. The number of hydrogen-bond donors (Lipinski definition) is 0. The SMILES string of the molecule is CC(Cl)C12CC3CC(C1)C(C3)C2. The maximum Gasteiger partial charge on any atom is 0.0364 e. The van der Waals surface area contributed by atoms with Crippen LogP contribution in [0, 0.1) is 23.2 Å². The van der Waals surface area contributed by atoms with Crippen molar-refractivity contribution in [2.75, 3.05) is 0 Å². The Morgan fingerprint density at radius 3 is 2.17 bits per heavy atom. The Bertz CT molecular complexity index is 190. The van der Waals surface area contributed by atoms with Gasteiger partial charge in [-0.15, -0.1) is 11.6 Å². The van der Waals surface area contributed by atoms with Crippen LogP contribution in [0.1, 0.15) is 39.0 Å². The summed E-state index contributed by atoms with van der Waals surface area (Å²) >= 11 is 6.33. The van der Waals surface area contributed by atoms with Crippen molar-refractivity contribution in [1.82, 2.24) is 0 Å². The average molecular weight is 185 g/mol. The average Bonchev–Trinajstić information content (AvgIpc) is 2.39. The second-order valence-electron chi connectivity index (χ2n) is 5.45.